The molecule has 0 amide bonds. The highest BCUT2D eigenvalue weighted by molar-refractivity contribution is 4.84. The summed E-state index contributed by atoms with van der Waals surface area (Å²) in [5.74, 6) is 0. The molecule has 1 aliphatic rings. The second-order valence-corrected chi connectivity index (χ2v) is 8.05. The summed E-state index contributed by atoms with van der Waals surface area (Å²) in [6, 6.07) is 0. The first-order valence-electron chi connectivity index (χ1n) is 11.3. The molecule has 0 bridgehead atoms. The Hall–Kier alpha value is -0.800. The Balaban J connectivity index is 1.91. The number of nitrogens with zero attached hydrogens (tertiary/aromatic N) is 1. The van der Waals surface area contributed by atoms with Gasteiger partial charge in [-0.15, -0.1) is 6.58 Å². The Morgan fingerprint density at radius 1 is 0.962 bits per heavy atom. The van der Waals surface area contributed by atoms with Gasteiger partial charge in [-0.1, -0.05) is 70.3 Å². The van der Waals surface area contributed by atoms with Crippen molar-refractivity contribution in [3.63, 3.8) is 0 Å². The molecule has 3 nitrogen and oxygen atoms in total. The van der Waals surface area contributed by atoms with E-state index in [1.54, 1.807) is 0 Å². The molecule has 1 rings (SSSR count). The van der Waals surface area contributed by atoms with Crippen LogP contribution in [-0.2, 0) is 0 Å². The SMILES string of the molecule is C=CCCCCCCCCCCCCCCC1NC=C[N+]1(CC)C(C)O. The summed E-state index contributed by atoms with van der Waals surface area (Å²) in [7, 11) is 0. The average molecular weight is 366 g/mol. The van der Waals surface area contributed by atoms with E-state index in [9.17, 15) is 5.11 Å². The number of unbranched alkanes of at least 4 members (excludes halogenated alkanes) is 12. The number of aliphatic hydroxyl groups excluding tert-OH is 1. The van der Waals surface area contributed by atoms with Crippen molar-refractivity contribution < 1.29 is 9.59 Å². The highest BCUT2D eigenvalue weighted by Crippen LogP contribution is 2.25. The van der Waals surface area contributed by atoms with E-state index in [1.807, 2.05) is 19.2 Å². The lowest BCUT2D eigenvalue weighted by molar-refractivity contribution is -0.942. The van der Waals surface area contributed by atoms with Gasteiger partial charge in [-0.3, -0.25) is 4.48 Å². The van der Waals surface area contributed by atoms with Gasteiger partial charge in [0.25, 0.3) is 0 Å². The predicted molar refractivity (Wildman–Crippen MR) is 113 cm³/mol. The van der Waals surface area contributed by atoms with Crippen molar-refractivity contribution in [1.29, 1.82) is 0 Å². The number of hydrogen-bond acceptors (Lipinski definition) is 2. The molecule has 0 aromatic carbocycles. The predicted octanol–water partition coefficient (Wildman–Crippen LogP) is 6.21. The van der Waals surface area contributed by atoms with Crippen LogP contribution in [0.5, 0.6) is 0 Å². The summed E-state index contributed by atoms with van der Waals surface area (Å²) in [6.07, 6.45) is 25.1. The average Bonchev–Trinajstić information content (AvgIpc) is 3.06. The third kappa shape index (κ3) is 8.26. The fraction of sp³-hybridized carbons (Fsp3) is 0.826. The van der Waals surface area contributed by atoms with E-state index in [2.05, 4.69) is 25.0 Å². The number of aliphatic hydroxyl groups is 1. The minimum atomic E-state index is -0.335. The van der Waals surface area contributed by atoms with E-state index in [4.69, 9.17) is 0 Å². The maximum atomic E-state index is 10.2. The lowest BCUT2D eigenvalue weighted by Crippen LogP contribution is -2.57. The van der Waals surface area contributed by atoms with Gasteiger partial charge in [-0.25, -0.2) is 0 Å². The molecule has 26 heavy (non-hydrogen) atoms. The Morgan fingerprint density at radius 3 is 1.92 bits per heavy atom. The molecule has 2 N–H and O–H groups in total. The van der Waals surface area contributed by atoms with E-state index in [0.717, 1.165) is 13.0 Å². The fourth-order valence-electron chi connectivity index (χ4n) is 4.23. The highest BCUT2D eigenvalue weighted by atomic mass is 16.3. The molecule has 3 atom stereocenters. The summed E-state index contributed by atoms with van der Waals surface area (Å²) in [4.78, 5) is 0. The van der Waals surface area contributed by atoms with Crippen LogP contribution in [0.25, 0.3) is 0 Å². The number of rotatable bonds is 17. The van der Waals surface area contributed by atoms with Crippen LogP contribution in [0.15, 0.2) is 25.1 Å². The van der Waals surface area contributed by atoms with Crippen molar-refractivity contribution in [2.75, 3.05) is 6.54 Å². The largest absolute Gasteiger partial charge is 0.345 e. The smallest absolute Gasteiger partial charge is 0.193 e. The lowest BCUT2D eigenvalue weighted by atomic mass is 10.0. The first-order chi connectivity index (χ1) is 12.7. The molecular weight excluding hydrogens is 320 g/mol. The van der Waals surface area contributed by atoms with Crippen LogP contribution in [0.4, 0.5) is 0 Å². The Kier molecular flexibility index (Phi) is 12.8. The van der Waals surface area contributed by atoms with Crippen LogP contribution in [0.1, 0.15) is 104 Å². The van der Waals surface area contributed by atoms with Gasteiger partial charge in [0.05, 0.1) is 12.7 Å². The summed E-state index contributed by atoms with van der Waals surface area (Å²) in [5.41, 5.74) is 0. The van der Waals surface area contributed by atoms with Gasteiger partial charge < -0.3 is 10.4 Å². The summed E-state index contributed by atoms with van der Waals surface area (Å²) >= 11 is 0. The molecule has 0 spiro atoms. The minimum absolute atomic E-state index is 0.335. The zero-order chi connectivity index (χ0) is 19.1. The van der Waals surface area contributed by atoms with Crippen LogP contribution in [-0.4, -0.2) is 28.5 Å². The van der Waals surface area contributed by atoms with Crippen LogP contribution < -0.4 is 5.32 Å². The van der Waals surface area contributed by atoms with E-state index >= 15 is 0 Å². The third-order valence-electron chi connectivity index (χ3n) is 6.10. The first-order valence-corrected chi connectivity index (χ1v) is 11.3. The Labute approximate surface area is 163 Å². The van der Waals surface area contributed by atoms with E-state index in [-0.39, 0.29) is 6.23 Å². The van der Waals surface area contributed by atoms with Crippen molar-refractivity contribution in [3.05, 3.63) is 25.1 Å². The molecule has 3 heteroatoms. The van der Waals surface area contributed by atoms with Crippen molar-refractivity contribution in [2.24, 2.45) is 0 Å². The minimum Gasteiger partial charge on any atom is -0.345 e. The van der Waals surface area contributed by atoms with E-state index in [0.29, 0.717) is 10.6 Å². The maximum Gasteiger partial charge on any atom is 0.193 e. The summed E-state index contributed by atoms with van der Waals surface area (Å²) in [5, 5.41) is 13.6. The fourth-order valence-corrected chi connectivity index (χ4v) is 4.23. The lowest BCUT2D eigenvalue weighted by Gasteiger charge is -2.39. The van der Waals surface area contributed by atoms with Gasteiger partial charge in [0.2, 0.25) is 0 Å². The van der Waals surface area contributed by atoms with E-state index < -0.39 is 0 Å². The Bertz CT molecular complexity index is 380. The zero-order valence-corrected chi connectivity index (χ0v) is 17.6. The van der Waals surface area contributed by atoms with Crippen LogP contribution in [0.3, 0.4) is 0 Å². The normalized spacial score (nSPS) is 23.1. The standard InChI is InChI=1S/C23H45N2O/c1-4-6-7-8-9-10-11-12-13-14-15-16-17-18-19-23-24-20-21-25(23,5-2)22(3)26/h4,20-24,26H,1,5-19H2,2-3H3/q+1. The molecule has 0 saturated heterocycles. The number of hydrogen-bond donors (Lipinski definition) is 2. The van der Waals surface area contributed by atoms with Crippen LogP contribution >= 0.6 is 0 Å². The highest BCUT2D eigenvalue weighted by Gasteiger charge is 2.40. The molecule has 0 fully saturated rings. The Morgan fingerprint density at radius 2 is 1.46 bits per heavy atom. The van der Waals surface area contributed by atoms with Crippen molar-refractivity contribution >= 4 is 0 Å². The maximum absolute atomic E-state index is 10.2. The molecule has 0 radical (unpaired) electrons. The molecule has 3 unspecified atom stereocenters. The van der Waals surface area contributed by atoms with Gasteiger partial charge in [0, 0.05) is 13.3 Å². The number of quaternary nitrogens is 1. The van der Waals surface area contributed by atoms with Crippen molar-refractivity contribution in [2.45, 2.75) is 116 Å². The second kappa shape index (κ2) is 14.3. The molecule has 0 aromatic heterocycles. The van der Waals surface area contributed by atoms with Gasteiger partial charge in [-0.2, -0.15) is 0 Å². The van der Waals surface area contributed by atoms with Gasteiger partial charge in [0.1, 0.15) is 6.20 Å². The third-order valence-corrected chi connectivity index (χ3v) is 6.10. The van der Waals surface area contributed by atoms with Crippen LogP contribution in [0, 0.1) is 0 Å². The quantitative estimate of drug-likeness (QED) is 0.182. The zero-order valence-electron chi connectivity index (χ0n) is 17.6. The van der Waals surface area contributed by atoms with E-state index in [1.165, 1.54) is 83.5 Å². The topological polar surface area (TPSA) is 32.3 Å². The van der Waals surface area contributed by atoms with Gasteiger partial charge in [-0.05, 0) is 26.2 Å². The number of allylic oxidation sites excluding steroid dienone is 1. The number of nitrogens with one attached hydrogen (secondary N) is 1. The molecule has 0 saturated carbocycles. The van der Waals surface area contributed by atoms with Gasteiger partial charge in [0.15, 0.2) is 12.4 Å². The first kappa shape index (κ1) is 23.2. The summed E-state index contributed by atoms with van der Waals surface area (Å²) < 4.78 is 0.674. The second-order valence-electron chi connectivity index (χ2n) is 8.05. The molecule has 0 aliphatic carbocycles. The summed E-state index contributed by atoms with van der Waals surface area (Å²) in [6.45, 7) is 8.80. The van der Waals surface area contributed by atoms with Crippen LogP contribution in [0.2, 0.25) is 0 Å². The molecular formula is C23H45N2O+. The molecule has 0 aromatic rings. The van der Waals surface area contributed by atoms with Gasteiger partial charge >= 0.3 is 0 Å². The van der Waals surface area contributed by atoms with Crippen molar-refractivity contribution in [3.8, 4) is 0 Å². The van der Waals surface area contributed by atoms with Crippen molar-refractivity contribution in [1.82, 2.24) is 5.32 Å². The molecule has 1 heterocycles. The monoisotopic (exact) mass is 365 g/mol. The molecule has 1 aliphatic heterocycles. The molecule has 152 valence electrons.